The molecule has 6 rings (SSSR count). The molecule has 0 amide bonds. The molecule has 1 aromatic carbocycles. The first-order chi connectivity index (χ1) is 16.3. The largest absolute Gasteiger partial charge is 0.288 e. The van der Waals surface area contributed by atoms with Crippen molar-refractivity contribution in [3.05, 3.63) is 58.5 Å². The van der Waals surface area contributed by atoms with Crippen LogP contribution < -0.4 is 0 Å². The Morgan fingerprint density at radius 2 is 0.944 bits per heavy atom. The number of nitro benzene ring substituents is 1. The fourth-order valence-electron chi connectivity index (χ4n) is 7.05. The van der Waals surface area contributed by atoms with Crippen LogP contribution in [0.15, 0.2) is 32.3 Å². The lowest BCUT2D eigenvalue weighted by Crippen LogP contribution is -2.53. The summed E-state index contributed by atoms with van der Waals surface area (Å²) in [6.45, 7) is 0. The zero-order valence-electron chi connectivity index (χ0n) is 16.6. The van der Waals surface area contributed by atoms with Gasteiger partial charge in [-0.15, -0.1) is 46.4 Å². The van der Waals surface area contributed by atoms with E-state index in [0.29, 0.717) is 11.1 Å². The number of fused-ring (bicyclic) bond motifs is 14. The number of alkyl halides is 8. The minimum absolute atomic E-state index is 0.0824. The molecule has 2 fully saturated rings. The number of nitro groups is 1. The van der Waals surface area contributed by atoms with Crippen LogP contribution in [0.3, 0.4) is 0 Å². The Hall–Kier alpha value is 1.87. The van der Waals surface area contributed by atoms with Crippen molar-refractivity contribution in [3.8, 4) is 0 Å². The second kappa shape index (κ2) is 7.63. The number of allylic oxidation sites excluding steroid dienone is 4. The molecule has 0 aromatic heterocycles. The number of nitrogens with zero attached hydrogens (tertiary/aromatic N) is 1. The van der Waals surface area contributed by atoms with Crippen LogP contribution in [0.2, 0.25) is 5.02 Å². The smallest absolute Gasteiger partial charge is 0.258 e. The summed E-state index contributed by atoms with van der Waals surface area (Å²) in [4.78, 5) is 3.89. The van der Waals surface area contributed by atoms with Gasteiger partial charge in [-0.3, -0.25) is 10.1 Å². The summed E-state index contributed by atoms with van der Waals surface area (Å²) in [6, 6.07) is 2.64. The van der Waals surface area contributed by atoms with E-state index in [0.717, 1.165) is 0 Å². The van der Waals surface area contributed by atoms with Gasteiger partial charge in [0.15, 0.2) is 8.67 Å². The van der Waals surface area contributed by atoms with E-state index in [1.807, 2.05) is 0 Å². The Morgan fingerprint density at radius 1 is 0.611 bits per heavy atom. The zero-order chi connectivity index (χ0) is 26.9. The van der Waals surface area contributed by atoms with Crippen molar-refractivity contribution in [3.63, 3.8) is 0 Å². The van der Waals surface area contributed by atoms with Crippen molar-refractivity contribution < 1.29 is 4.92 Å². The van der Waals surface area contributed by atoms with Crippen LogP contribution in [0.5, 0.6) is 0 Å². The van der Waals surface area contributed by atoms with Crippen LogP contribution in [0.25, 0.3) is 0 Å². The monoisotopic (exact) mass is 747 g/mol. The molecule has 0 saturated heterocycles. The zero-order valence-corrected chi connectivity index (χ0v) is 26.5. The summed E-state index contributed by atoms with van der Waals surface area (Å²) < 4.78 is -4.02. The average molecular weight is 753 g/mol. The molecule has 5 aliphatic rings. The number of hydrogen-bond acceptors (Lipinski definition) is 2. The first-order valence-electron chi connectivity index (χ1n) is 9.93. The maximum Gasteiger partial charge on any atom is 0.288 e. The second-order valence-corrected chi connectivity index (χ2v) is 16.4. The van der Waals surface area contributed by atoms with E-state index < -0.39 is 62.4 Å². The molecular weight excluding hydrogens is 747 g/mol. The van der Waals surface area contributed by atoms with E-state index in [-0.39, 0.29) is 25.2 Å². The molecule has 0 N–H and O–H groups in total. The van der Waals surface area contributed by atoms with E-state index >= 15 is 0 Å². The molecule has 1 aromatic rings. The fourth-order valence-corrected chi connectivity index (χ4v) is 13.3. The van der Waals surface area contributed by atoms with Crippen molar-refractivity contribution in [2.45, 2.75) is 40.0 Å². The summed E-state index contributed by atoms with van der Waals surface area (Å²) >= 11 is 89.3. The quantitative estimate of drug-likeness (QED) is 0.163. The van der Waals surface area contributed by atoms with Gasteiger partial charge < -0.3 is 0 Å². The molecule has 16 heteroatoms. The third-order valence-electron chi connectivity index (χ3n) is 8.39. The van der Waals surface area contributed by atoms with E-state index in [9.17, 15) is 10.1 Å². The standard InChI is InChI=1S/C20H6Cl13NO2/c21-5-1-3-4(2-6(5)34(35)36)8-10(18(29)14(25)12(23)16(8,27)20(18,32)33)9-7(3)15(26)11(22)13(24)17(9,28)19(15,30)31/h1-2,7-10H/t7-,8+,9-,10-,15-,16-,17-,18-/m0/s1. The van der Waals surface area contributed by atoms with Crippen LogP contribution in [-0.4, -0.2) is 33.1 Å². The highest BCUT2D eigenvalue weighted by atomic mass is 35.5. The molecule has 4 bridgehead atoms. The molecule has 5 aliphatic carbocycles. The van der Waals surface area contributed by atoms with Crippen molar-refractivity contribution in [2.75, 3.05) is 0 Å². The topological polar surface area (TPSA) is 43.1 Å². The maximum atomic E-state index is 11.8. The average Bonchev–Trinajstić information content (AvgIpc) is 3.12. The van der Waals surface area contributed by atoms with Gasteiger partial charge in [0.2, 0.25) is 0 Å². The van der Waals surface area contributed by atoms with Crippen LogP contribution in [-0.2, 0) is 0 Å². The van der Waals surface area contributed by atoms with E-state index in [4.69, 9.17) is 151 Å². The number of benzene rings is 1. The minimum Gasteiger partial charge on any atom is -0.258 e. The van der Waals surface area contributed by atoms with E-state index in [1.54, 1.807) is 0 Å². The second-order valence-electron chi connectivity index (χ2n) is 9.45. The highest BCUT2D eigenvalue weighted by Gasteiger charge is 2.91. The van der Waals surface area contributed by atoms with Crippen molar-refractivity contribution in [1.82, 2.24) is 0 Å². The summed E-state index contributed by atoms with van der Waals surface area (Å²) in [5.41, 5.74) is 0.288. The summed E-state index contributed by atoms with van der Waals surface area (Å²) in [5.74, 6) is -3.78. The van der Waals surface area contributed by atoms with Crippen LogP contribution in [0.4, 0.5) is 5.69 Å². The summed E-state index contributed by atoms with van der Waals surface area (Å²) in [6.07, 6.45) is 0. The molecule has 0 radical (unpaired) electrons. The lowest BCUT2D eigenvalue weighted by Gasteiger charge is -2.52. The summed E-state index contributed by atoms with van der Waals surface area (Å²) in [5, 5.41) is 11.3. The first kappa shape index (κ1) is 28.0. The van der Waals surface area contributed by atoms with Crippen LogP contribution in [0.1, 0.15) is 23.0 Å². The predicted octanol–water partition coefficient (Wildman–Crippen LogP) is 10.4. The van der Waals surface area contributed by atoms with Gasteiger partial charge >= 0.3 is 0 Å². The molecule has 2 saturated carbocycles. The molecule has 36 heavy (non-hydrogen) atoms. The van der Waals surface area contributed by atoms with Gasteiger partial charge in [0, 0.05) is 29.7 Å². The Labute approximate surface area is 269 Å². The van der Waals surface area contributed by atoms with Gasteiger partial charge in [-0.05, 0) is 17.2 Å². The van der Waals surface area contributed by atoms with Gasteiger partial charge in [0.25, 0.3) is 5.69 Å². The predicted molar refractivity (Wildman–Crippen MR) is 151 cm³/mol. The van der Waals surface area contributed by atoms with Crippen molar-refractivity contribution in [1.29, 1.82) is 0 Å². The van der Waals surface area contributed by atoms with Crippen molar-refractivity contribution in [2.24, 2.45) is 11.8 Å². The molecule has 0 heterocycles. The Kier molecular flexibility index (Phi) is 5.93. The highest BCUT2D eigenvalue weighted by Crippen LogP contribution is 2.88. The Morgan fingerprint density at radius 3 is 1.31 bits per heavy atom. The first-order valence-corrected chi connectivity index (χ1v) is 14.8. The molecule has 0 spiro atoms. The van der Waals surface area contributed by atoms with Gasteiger partial charge in [-0.2, -0.15) is 0 Å². The van der Waals surface area contributed by atoms with Gasteiger partial charge in [-0.1, -0.05) is 104 Å². The van der Waals surface area contributed by atoms with Gasteiger partial charge in [-0.25, -0.2) is 0 Å². The maximum absolute atomic E-state index is 11.8. The molecular formula is C20H6Cl13NO2. The molecule has 0 unspecified atom stereocenters. The van der Waals surface area contributed by atoms with Crippen molar-refractivity contribution >= 4 is 156 Å². The number of rotatable bonds is 1. The summed E-state index contributed by atoms with van der Waals surface area (Å²) in [7, 11) is 0. The third-order valence-corrected chi connectivity index (χ3v) is 17.2. The Balaban J connectivity index is 1.80. The molecule has 8 atom stereocenters. The lowest BCUT2D eigenvalue weighted by atomic mass is 9.57. The molecule has 194 valence electrons. The normalized spacial score (nSPS) is 46.8. The molecule has 0 aliphatic heterocycles. The van der Waals surface area contributed by atoms with Gasteiger partial charge in [0.05, 0.1) is 25.1 Å². The highest BCUT2D eigenvalue weighted by molar-refractivity contribution is 6.67. The number of hydrogen-bond donors (Lipinski definition) is 0. The molecule has 3 nitrogen and oxygen atoms in total. The SMILES string of the molecule is O=[N+]([O-])c1cc2c(cc1Cl)[C@H]1[C@@H]([C@@H]3[C@@H]2[C@]2(Cl)C(Cl)=C(Cl)[C@]3(Cl)C2(Cl)Cl)[C@]2(Cl)C(Cl)=C(Cl)[C@]1(Cl)C2(Cl)Cl. The van der Waals surface area contributed by atoms with E-state index in [1.165, 1.54) is 12.1 Å². The van der Waals surface area contributed by atoms with Gasteiger partial charge in [0.1, 0.15) is 24.5 Å². The van der Waals surface area contributed by atoms with Crippen LogP contribution >= 0.6 is 151 Å². The van der Waals surface area contributed by atoms with Crippen LogP contribution in [0, 0.1) is 22.0 Å². The lowest BCUT2D eigenvalue weighted by molar-refractivity contribution is -0.384. The fraction of sp³-hybridized carbons (Fsp3) is 0.500. The van der Waals surface area contributed by atoms with E-state index in [2.05, 4.69) is 0 Å². The minimum atomic E-state index is -2.02. The Bertz CT molecular complexity index is 1390. The number of halogens is 13. The third kappa shape index (κ3) is 2.43.